The van der Waals surface area contributed by atoms with E-state index in [1.165, 1.54) is 19.6 Å². The van der Waals surface area contributed by atoms with Crippen LogP contribution in [-0.2, 0) is 0 Å². The van der Waals surface area contributed by atoms with Gasteiger partial charge in [0.2, 0.25) is 0 Å². The number of anilines is 1. The minimum Gasteiger partial charge on any atom is -0.399 e. The minimum atomic E-state index is 0.759. The standard InChI is InChI=1S/C6H15N.C5H6N2/c1-4-7(5-2)6-3;6-5-1-3-7-4-2-5/h4-6H2,1-3H3;1-4H,(H2,6,7). The highest BCUT2D eigenvalue weighted by molar-refractivity contribution is 5.33. The third-order valence-electron chi connectivity index (χ3n) is 2.05. The van der Waals surface area contributed by atoms with Gasteiger partial charge in [0.1, 0.15) is 0 Å². The lowest BCUT2D eigenvalue weighted by molar-refractivity contribution is 0.321. The van der Waals surface area contributed by atoms with Gasteiger partial charge in [0.25, 0.3) is 0 Å². The van der Waals surface area contributed by atoms with Gasteiger partial charge in [-0.15, -0.1) is 0 Å². The van der Waals surface area contributed by atoms with Gasteiger partial charge in [0.05, 0.1) is 0 Å². The molecule has 80 valence electrons. The Labute approximate surface area is 86.9 Å². The Kier molecular flexibility index (Phi) is 7.84. The number of nitrogens with zero attached hydrogens (tertiary/aromatic N) is 2. The second-order valence-corrected chi connectivity index (χ2v) is 2.90. The number of rotatable bonds is 3. The highest BCUT2D eigenvalue weighted by atomic mass is 15.1. The third kappa shape index (κ3) is 6.43. The van der Waals surface area contributed by atoms with Crippen molar-refractivity contribution in [1.29, 1.82) is 0 Å². The number of nitrogen functional groups attached to an aromatic ring is 1. The Balaban J connectivity index is 0.000000241. The van der Waals surface area contributed by atoms with Crippen molar-refractivity contribution in [3.63, 3.8) is 0 Å². The number of hydrogen-bond acceptors (Lipinski definition) is 3. The van der Waals surface area contributed by atoms with E-state index in [4.69, 9.17) is 5.73 Å². The molecule has 0 atom stereocenters. The highest BCUT2D eigenvalue weighted by Crippen LogP contribution is 1.92. The first-order chi connectivity index (χ1) is 6.74. The molecule has 3 heteroatoms. The molecule has 0 fully saturated rings. The van der Waals surface area contributed by atoms with Gasteiger partial charge >= 0.3 is 0 Å². The second kappa shape index (κ2) is 8.51. The molecular weight excluding hydrogens is 174 g/mol. The summed E-state index contributed by atoms with van der Waals surface area (Å²) in [5.74, 6) is 0. The van der Waals surface area contributed by atoms with E-state index in [1.807, 2.05) is 0 Å². The van der Waals surface area contributed by atoms with E-state index in [-0.39, 0.29) is 0 Å². The van der Waals surface area contributed by atoms with Crippen LogP contribution in [0.5, 0.6) is 0 Å². The van der Waals surface area contributed by atoms with Crippen LogP contribution in [0.25, 0.3) is 0 Å². The van der Waals surface area contributed by atoms with Crippen molar-refractivity contribution in [1.82, 2.24) is 9.88 Å². The van der Waals surface area contributed by atoms with Gasteiger partial charge in [-0.25, -0.2) is 0 Å². The summed E-state index contributed by atoms with van der Waals surface area (Å²) >= 11 is 0. The van der Waals surface area contributed by atoms with Gasteiger partial charge in [0.15, 0.2) is 0 Å². The fourth-order valence-corrected chi connectivity index (χ4v) is 1.03. The average Bonchev–Trinajstić information content (AvgIpc) is 2.22. The maximum atomic E-state index is 5.32. The van der Waals surface area contributed by atoms with Gasteiger partial charge in [-0.1, -0.05) is 20.8 Å². The fourth-order valence-electron chi connectivity index (χ4n) is 1.03. The van der Waals surface area contributed by atoms with Crippen molar-refractivity contribution >= 4 is 5.69 Å². The molecule has 3 nitrogen and oxygen atoms in total. The lowest BCUT2D eigenvalue weighted by atomic mass is 10.4. The maximum absolute atomic E-state index is 5.32. The zero-order valence-electron chi connectivity index (χ0n) is 9.40. The van der Waals surface area contributed by atoms with Crippen molar-refractivity contribution in [3.8, 4) is 0 Å². The third-order valence-corrected chi connectivity index (χ3v) is 2.05. The molecule has 0 aliphatic heterocycles. The van der Waals surface area contributed by atoms with Gasteiger partial charge in [-0.3, -0.25) is 4.98 Å². The molecule has 0 aliphatic carbocycles. The molecule has 1 aromatic rings. The second-order valence-electron chi connectivity index (χ2n) is 2.90. The van der Waals surface area contributed by atoms with E-state index in [2.05, 4.69) is 30.7 Å². The molecule has 0 spiro atoms. The van der Waals surface area contributed by atoms with Crippen molar-refractivity contribution in [3.05, 3.63) is 24.5 Å². The van der Waals surface area contributed by atoms with E-state index in [1.54, 1.807) is 24.5 Å². The Morgan fingerprint density at radius 2 is 1.50 bits per heavy atom. The average molecular weight is 195 g/mol. The Morgan fingerprint density at radius 3 is 1.64 bits per heavy atom. The number of aromatic nitrogens is 1. The lowest BCUT2D eigenvalue weighted by Gasteiger charge is -2.13. The molecule has 14 heavy (non-hydrogen) atoms. The molecule has 0 saturated carbocycles. The number of nitrogens with two attached hydrogens (primary N) is 1. The molecule has 0 aromatic carbocycles. The van der Waals surface area contributed by atoms with Crippen LogP contribution < -0.4 is 5.73 Å². The molecule has 1 heterocycles. The van der Waals surface area contributed by atoms with Crippen LogP contribution >= 0.6 is 0 Å². The summed E-state index contributed by atoms with van der Waals surface area (Å²) < 4.78 is 0. The van der Waals surface area contributed by atoms with Gasteiger partial charge in [0, 0.05) is 18.1 Å². The maximum Gasteiger partial charge on any atom is 0.0344 e. The summed E-state index contributed by atoms with van der Waals surface area (Å²) in [5.41, 5.74) is 6.08. The molecule has 1 aromatic heterocycles. The SMILES string of the molecule is CCN(CC)CC.Nc1ccncc1. The monoisotopic (exact) mass is 195 g/mol. The van der Waals surface area contributed by atoms with E-state index in [0.29, 0.717) is 0 Å². The van der Waals surface area contributed by atoms with Crippen LogP contribution in [0.4, 0.5) is 5.69 Å². The van der Waals surface area contributed by atoms with Gasteiger partial charge in [-0.05, 0) is 31.8 Å². The molecule has 0 bridgehead atoms. The van der Waals surface area contributed by atoms with Crippen molar-refractivity contribution in [2.45, 2.75) is 20.8 Å². The molecule has 1 rings (SSSR count). The van der Waals surface area contributed by atoms with Crippen LogP contribution in [-0.4, -0.2) is 29.5 Å². The van der Waals surface area contributed by atoms with E-state index in [9.17, 15) is 0 Å². The molecule has 0 unspecified atom stereocenters. The largest absolute Gasteiger partial charge is 0.399 e. The zero-order valence-corrected chi connectivity index (χ0v) is 9.40. The smallest absolute Gasteiger partial charge is 0.0344 e. The topological polar surface area (TPSA) is 42.1 Å². The van der Waals surface area contributed by atoms with E-state index >= 15 is 0 Å². The Morgan fingerprint density at radius 1 is 1.07 bits per heavy atom. The van der Waals surface area contributed by atoms with Crippen molar-refractivity contribution in [2.24, 2.45) is 0 Å². The predicted molar refractivity (Wildman–Crippen MR) is 62.1 cm³/mol. The van der Waals surface area contributed by atoms with Crippen LogP contribution in [0, 0.1) is 0 Å². The first-order valence-electron chi connectivity index (χ1n) is 5.12. The molecule has 0 radical (unpaired) electrons. The Bertz CT molecular complexity index is 202. The van der Waals surface area contributed by atoms with E-state index < -0.39 is 0 Å². The van der Waals surface area contributed by atoms with E-state index in [0.717, 1.165) is 5.69 Å². The predicted octanol–water partition coefficient (Wildman–Crippen LogP) is 2.01. The van der Waals surface area contributed by atoms with Crippen LogP contribution in [0.15, 0.2) is 24.5 Å². The number of pyridine rings is 1. The fraction of sp³-hybridized carbons (Fsp3) is 0.545. The summed E-state index contributed by atoms with van der Waals surface area (Å²) in [6.07, 6.45) is 3.32. The first kappa shape index (κ1) is 12.9. The summed E-state index contributed by atoms with van der Waals surface area (Å²) in [5, 5.41) is 0. The quantitative estimate of drug-likeness (QED) is 0.802. The summed E-state index contributed by atoms with van der Waals surface area (Å²) in [7, 11) is 0. The number of hydrogen-bond donors (Lipinski definition) is 1. The lowest BCUT2D eigenvalue weighted by Crippen LogP contribution is -2.21. The summed E-state index contributed by atoms with van der Waals surface area (Å²) in [6.45, 7) is 10.1. The van der Waals surface area contributed by atoms with Crippen molar-refractivity contribution in [2.75, 3.05) is 25.4 Å². The van der Waals surface area contributed by atoms with Gasteiger partial charge in [-0.2, -0.15) is 0 Å². The minimum absolute atomic E-state index is 0.759. The van der Waals surface area contributed by atoms with Crippen LogP contribution in [0.3, 0.4) is 0 Å². The van der Waals surface area contributed by atoms with Crippen molar-refractivity contribution < 1.29 is 0 Å². The molecule has 0 aliphatic rings. The summed E-state index contributed by atoms with van der Waals surface area (Å²) in [4.78, 5) is 6.14. The highest BCUT2D eigenvalue weighted by Gasteiger charge is 1.89. The molecule has 0 saturated heterocycles. The normalized spacial score (nSPS) is 9.43. The molecular formula is C11H21N3. The Hall–Kier alpha value is -1.09. The van der Waals surface area contributed by atoms with Crippen LogP contribution in [0.1, 0.15) is 20.8 Å². The van der Waals surface area contributed by atoms with Crippen LogP contribution in [0.2, 0.25) is 0 Å². The molecule has 2 N–H and O–H groups in total. The first-order valence-corrected chi connectivity index (χ1v) is 5.12. The summed E-state index contributed by atoms with van der Waals surface area (Å²) in [6, 6.07) is 3.50. The molecule has 0 amide bonds. The van der Waals surface area contributed by atoms with Gasteiger partial charge < -0.3 is 10.6 Å². The zero-order chi connectivity index (χ0) is 10.8.